The van der Waals surface area contributed by atoms with Crippen molar-refractivity contribution in [3.8, 4) is 5.75 Å². The summed E-state index contributed by atoms with van der Waals surface area (Å²) < 4.78 is 22.2. The first-order chi connectivity index (χ1) is 9.84. The zero-order valence-corrected chi connectivity index (χ0v) is 11.8. The maximum Gasteiger partial charge on any atom is 0.238 e. The zero-order valence-electron chi connectivity index (χ0n) is 11.0. The Labute approximate surface area is 122 Å². The molecule has 4 N–H and O–H groups in total. The molecule has 0 saturated heterocycles. The number of phenolic OH excluding ortho intramolecular Hbond substituents is 1. The van der Waals surface area contributed by atoms with Gasteiger partial charge in [0.05, 0.1) is 11.3 Å². The molecular formula is C14H14N2O4S. The van der Waals surface area contributed by atoms with Crippen LogP contribution in [0.15, 0.2) is 53.4 Å². The lowest BCUT2D eigenvalue weighted by atomic mass is 10.1. The molecule has 0 spiro atoms. The van der Waals surface area contributed by atoms with Crippen LogP contribution in [0, 0.1) is 0 Å². The number of primary sulfonamides is 1. The number of rotatable bonds is 4. The third-order valence-electron chi connectivity index (χ3n) is 2.77. The van der Waals surface area contributed by atoms with Gasteiger partial charge in [0.25, 0.3) is 0 Å². The van der Waals surface area contributed by atoms with E-state index in [4.69, 9.17) is 10.2 Å². The second-order valence-electron chi connectivity index (χ2n) is 4.46. The third-order valence-corrected chi connectivity index (χ3v) is 3.70. The van der Waals surface area contributed by atoms with Gasteiger partial charge in [-0.05, 0) is 42.0 Å². The summed E-state index contributed by atoms with van der Waals surface area (Å²) in [7, 11) is -3.74. The zero-order chi connectivity index (χ0) is 15.5. The van der Waals surface area contributed by atoms with Gasteiger partial charge in [-0.15, -0.1) is 0 Å². The lowest BCUT2D eigenvalue weighted by Gasteiger charge is -2.06. The first-order valence-electron chi connectivity index (χ1n) is 6.05. The van der Waals surface area contributed by atoms with Crippen molar-refractivity contribution in [1.29, 1.82) is 0 Å². The first kappa shape index (κ1) is 15.0. The molecule has 0 aliphatic heterocycles. The van der Waals surface area contributed by atoms with Gasteiger partial charge < -0.3 is 10.4 Å². The summed E-state index contributed by atoms with van der Waals surface area (Å²) in [6.45, 7) is 0. The number of carbonyl (C=O) groups excluding carboxylic acids is 1. The standard InChI is InChI=1S/C14H14N2O4S/c15-21(19,20)13-7-3-11(4-8-13)16-14(18)9-10-1-5-12(17)6-2-10/h1-8,17H,9H2,(H,16,18)(H2,15,19,20). The Hall–Kier alpha value is -2.38. The Morgan fingerprint density at radius 3 is 2.14 bits per heavy atom. The molecule has 2 aromatic rings. The van der Waals surface area contributed by atoms with Crippen LogP contribution in [-0.2, 0) is 21.2 Å². The molecule has 1 amide bonds. The van der Waals surface area contributed by atoms with E-state index in [9.17, 15) is 13.2 Å². The van der Waals surface area contributed by atoms with E-state index < -0.39 is 10.0 Å². The van der Waals surface area contributed by atoms with Crippen LogP contribution >= 0.6 is 0 Å². The van der Waals surface area contributed by atoms with Crippen molar-refractivity contribution in [3.63, 3.8) is 0 Å². The number of aromatic hydroxyl groups is 1. The van der Waals surface area contributed by atoms with Crippen LogP contribution in [0.25, 0.3) is 0 Å². The van der Waals surface area contributed by atoms with Crippen molar-refractivity contribution in [1.82, 2.24) is 0 Å². The van der Waals surface area contributed by atoms with E-state index in [1.165, 1.54) is 36.4 Å². The molecule has 7 heteroatoms. The minimum atomic E-state index is -3.74. The minimum Gasteiger partial charge on any atom is -0.508 e. The molecule has 110 valence electrons. The monoisotopic (exact) mass is 306 g/mol. The van der Waals surface area contributed by atoms with Crippen molar-refractivity contribution >= 4 is 21.6 Å². The van der Waals surface area contributed by atoms with Gasteiger partial charge >= 0.3 is 0 Å². The molecule has 0 saturated carbocycles. The van der Waals surface area contributed by atoms with Crippen LogP contribution in [0.3, 0.4) is 0 Å². The van der Waals surface area contributed by atoms with E-state index in [0.29, 0.717) is 5.69 Å². The van der Waals surface area contributed by atoms with E-state index in [0.717, 1.165) is 5.56 Å². The molecule has 21 heavy (non-hydrogen) atoms. The van der Waals surface area contributed by atoms with Gasteiger partial charge in [0, 0.05) is 5.69 Å². The second kappa shape index (κ2) is 5.94. The highest BCUT2D eigenvalue weighted by Crippen LogP contribution is 2.14. The normalized spacial score (nSPS) is 11.1. The van der Waals surface area contributed by atoms with Gasteiger partial charge in [-0.2, -0.15) is 0 Å². The number of hydrogen-bond acceptors (Lipinski definition) is 4. The van der Waals surface area contributed by atoms with E-state index >= 15 is 0 Å². The summed E-state index contributed by atoms with van der Waals surface area (Å²) in [6.07, 6.45) is 0.150. The molecule has 0 aliphatic carbocycles. The molecule has 0 bridgehead atoms. The van der Waals surface area contributed by atoms with Crippen LogP contribution in [0.2, 0.25) is 0 Å². The lowest BCUT2D eigenvalue weighted by molar-refractivity contribution is -0.115. The van der Waals surface area contributed by atoms with Gasteiger partial charge in [0.2, 0.25) is 15.9 Å². The number of amides is 1. The topological polar surface area (TPSA) is 109 Å². The third kappa shape index (κ3) is 4.30. The summed E-state index contributed by atoms with van der Waals surface area (Å²) in [5.41, 5.74) is 1.23. The summed E-state index contributed by atoms with van der Waals surface area (Å²) in [5.74, 6) is -0.109. The predicted octanol–water partition coefficient (Wildman–Crippen LogP) is 1.22. The van der Waals surface area contributed by atoms with Crippen LogP contribution in [0.4, 0.5) is 5.69 Å². The Balaban J connectivity index is 2.01. The number of phenols is 1. The molecule has 2 aromatic carbocycles. The summed E-state index contributed by atoms with van der Waals surface area (Å²) in [5, 5.41) is 16.8. The predicted molar refractivity (Wildman–Crippen MR) is 78.3 cm³/mol. The second-order valence-corrected chi connectivity index (χ2v) is 6.02. The Morgan fingerprint density at radius 2 is 1.62 bits per heavy atom. The molecule has 6 nitrogen and oxygen atoms in total. The fraction of sp³-hybridized carbons (Fsp3) is 0.0714. The highest BCUT2D eigenvalue weighted by atomic mass is 32.2. The quantitative estimate of drug-likeness (QED) is 0.789. The van der Waals surface area contributed by atoms with E-state index in [1.807, 2.05) is 0 Å². The number of nitrogens with two attached hydrogens (primary N) is 1. The van der Waals surface area contributed by atoms with Crippen molar-refractivity contribution in [3.05, 3.63) is 54.1 Å². The highest BCUT2D eigenvalue weighted by Gasteiger charge is 2.08. The molecule has 0 heterocycles. The van der Waals surface area contributed by atoms with Crippen molar-refractivity contribution < 1.29 is 18.3 Å². The SMILES string of the molecule is NS(=O)(=O)c1ccc(NC(=O)Cc2ccc(O)cc2)cc1. The molecule has 0 unspecified atom stereocenters. The van der Waals surface area contributed by atoms with Crippen LogP contribution in [-0.4, -0.2) is 19.4 Å². The number of benzene rings is 2. The van der Waals surface area contributed by atoms with Crippen molar-refractivity contribution in [2.45, 2.75) is 11.3 Å². The molecular weight excluding hydrogens is 292 g/mol. The van der Waals surface area contributed by atoms with Crippen molar-refractivity contribution in [2.24, 2.45) is 5.14 Å². The molecule has 0 aromatic heterocycles. The largest absolute Gasteiger partial charge is 0.508 e. The molecule has 0 fully saturated rings. The fourth-order valence-electron chi connectivity index (χ4n) is 1.73. The maximum atomic E-state index is 11.8. The number of anilines is 1. The van der Waals surface area contributed by atoms with Gasteiger partial charge in [0.15, 0.2) is 0 Å². The van der Waals surface area contributed by atoms with Gasteiger partial charge in [-0.3, -0.25) is 4.79 Å². The Bertz CT molecular complexity index is 738. The van der Waals surface area contributed by atoms with E-state index in [1.54, 1.807) is 12.1 Å². The van der Waals surface area contributed by atoms with Gasteiger partial charge in [-0.1, -0.05) is 12.1 Å². The Morgan fingerprint density at radius 1 is 1.05 bits per heavy atom. The number of hydrogen-bond donors (Lipinski definition) is 3. The average molecular weight is 306 g/mol. The van der Waals surface area contributed by atoms with E-state index in [2.05, 4.69) is 5.32 Å². The Kier molecular flexibility index (Phi) is 4.25. The minimum absolute atomic E-state index is 0.0148. The highest BCUT2D eigenvalue weighted by molar-refractivity contribution is 7.89. The van der Waals surface area contributed by atoms with Crippen LogP contribution < -0.4 is 10.5 Å². The fourth-order valence-corrected chi connectivity index (χ4v) is 2.25. The average Bonchev–Trinajstić information content (AvgIpc) is 2.41. The van der Waals surface area contributed by atoms with Crippen LogP contribution in [0.5, 0.6) is 5.75 Å². The van der Waals surface area contributed by atoms with Crippen molar-refractivity contribution in [2.75, 3.05) is 5.32 Å². The summed E-state index contributed by atoms with van der Waals surface area (Å²) >= 11 is 0. The smallest absolute Gasteiger partial charge is 0.238 e. The summed E-state index contributed by atoms with van der Waals surface area (Å²) in [4.78, 5) is 11.8. The first-order valence-corrected chi connectivity index (χ1v) is 7.60. The number of sulfonamides is 1. The lowest BCUT2D eigenvalue weighted by Crippen LogP contribution is -2.15. The van der Waals surface area contributed by atoms with Gasteiger partial charge in [-0.25, -0.2) is 13.6 Å². The number of carbonyl (C=O) groups is 1. The molecule has 0 atom stereocenters. The van der Waals surface area contributed by atoms with E-state index in [-0.39, 0.29) is 23.0 Å². The maximum absolute atomic E-state index is 11.8. The number of nitrogens with one attached hydrogen (secondary N) is 1. The van der Waals surface area contributed by atoms with Crippen LogP contribution in [0.1, 0.15) is 5.56 Å². The van der Waals surface area contributed by atoms with Gasteiger partial charge in [0.1, 0.15) is 5.75 Å². The molecule has 0 aliphatic rings. The summed E-state index contributed by atoms with van der Waals surface area (Å²) in [6, 6.07) is 11.9. The molecule has 0 radical (unpaired) electrons. The molecule has 2 rings (SSSR count).